The van der Waals surface area contributed by atoms with E-state index in [1.165, 1.54) is 0 Å². The van der Waals surface area contributed by atoms with E-state index in [0.717, 1.165) is 6.42 Å². The third-order valence-corrected chi connectivity index (χ3v) is 2.72. The number of hydrogen-bond acceptors (Lipinski definition) is 5. The molecule has 0 spiro atoms. The van der Waals surface area contributed by atoms with Gasteiger partial charge in [0.25, 0.3) is 0 Å². The highest BCUT2D eigenvalue weighted by atomic mass is 16.5. The van der Waals surface area contributed by atoms with Gasteiger partial charge in [0.1, 0.15) is 24.0 Å². The van der Waals surface area contributed by atoms with Crippen LogP contribution >= 0.6 is 0 Å². The number of anilines is 1. The summed E-state index contributed by atoms with van der Waals surface area (Å²) in [6.45, 7) is 6.75. The zero-order chi connectivity index (χ0) is 14.4. The number of esters is 1. The molecule has 0 amide bonds. The molecule has 1 aromatic rings. The lowest BCUT2D eigenvalue weighted by atomic mass is 10.2. The van der Waals surface area contributed by atoms with Crippen molar-refractivity contribution in [3.8, 4) is 6.07 Å². The van der Waals surface area contributed by atoms with Gasteiger partial charge in [0, 0.05) is 13.6 Å². The number of aromatic nitrogens is 2. The number of nitriles is 1. The summed E-state index contributed by atoms with van der Waals surface area (Å²) in [6.07, 6.45) is 0.870. The smallest absolute Gasteiger partial charge is 0.325 e. The van der Waals surface area contributed by atoms with E-state index in [0.29, 0.717) is 30.2 Å². The molecule has 19 heavy (non-hydrogen) atoms. The maximum atomic E-state index is 11.6. The van der Waals surface area contributed by atoms with Crippen LogP contribution in [0.3, 0.4) is 0 Å². The highest BCUT2D eigenvalue weighted by Crippen LogP contribution is 2.22. The molecule has 0 aliphatic heterocycles. The number of rotatable bonds is 6. The summed E-state index contributed by atoms with van der Waals surface area (Å²) in [5.74, 6) is 0.383. The van der Waals surface area contributed by atoms with Gasteiger partial charge in [-0.1, -0.05) is 6.92 Å². The Labute approximate surface area is 113 Å². The first-order valence-corrected chi connectivity index (χ1v) is 6.39. The summed E-state index contributed by atoms with van der Waals surface area (Å²) in [4.78, 5) is 13.5. The lowest BCUT2D eigenvalue weighted by Gasteiger charge is -2.23. The summed E-state index contributed by atoms with van der Waals surface area (Å²) in [5, 5.41) is 13.5. The molecule has 1 aromatic heterocycles. The molecule has 0 bridgehead atoms. The fourth-order valence-electron chi connectivity index (χ4n) is 2.03. The third kappa shape index (κ3) is 3.47. The van der Waals surface area contributed by atoms with Gasteiger partial charge >= 0.3 is 5.97 Å². The van der Waals surface area contributed by atoms with E-state index in [2.05, 4.69) is 11.2 Å². The molecular formula is C13H20N4O2. The summed E-state index contributed by atoms with van der Waals surface area (Å²) in [6, 6.07) is 2.15. The average Bonchev–Trinajstić information content (AvgIpc) is 2.63. The van der Waals surface area contributed by atoms with Gasteiger partial charge in [-0.2, -0.15) is 10.4 Å². The van der Waals surface area contributed by atoms with E-state index < -0.39 is 0 Å². The number of ether oxygens (including phenoxy) is 1. The van der Waals surface area contributed by atoms with E-state index in [1.807, 2.05) is 11.8 Å². The van der Waals surface area contributed by atoms with Gasteiger partial charge in [-0.05, 0) is 20.3 Å². The highest BCUT2D eigenvalue weighted by Gasteiger charge is 2.21. The number of carbonyl (C=O) groups is 1. The standard InChI is InChI=1S/C13H20N4O2/c1-5-7-17(9-12(18)19-6-2)13-11(8-14)10(3)15-16(13)4/h5-7,9H2,1-4H3. The monoisotopic (exact) mass is 264 g/mol. The Kier molecular flexibility index (Phi) is 5.37. The number of carbonyl (C=O) groups excluding carboxylic acids is 1. The van der Waals surface area contributed by atoms with Crippen molar-refractivity contribution in [2.24, 2.45) is 7.05 Å². The van der Waals surface area contributed by atoms with E-state index >= 15 is 0 Å². The van der Waals surface area contributed by atoms with Crippen LogP contribution in [-0.2, 0) is 16.6 Å². The first-order valence-electron chi connectivity index (χ1n) is 6.39. The van der Waals surface area contributed by atoms with Crippen LogP contribution in [0.25, 0.3) is 0 Å². The average molecular weight is 264 g/mol. The predicted octanol–water partition coefficient (Wildman–Crippen LogP) is 1.38. The second kappa shape index (κ2) is 6.78. The second-order valence-corrected chi connectivity index (χ2v) is 4.25. The topological polar surface area (TPSA) is 71.2 Å². The van der Waals surface area contributed by atoms with Crippen LogP contribution in [0.1, 0.15) is 31.5 Å². The minimum absolute atomic E-state index is 0.134. The molecule has 1 heterocycles. The third-order valence-electron chi connectivity index (χ3n) is 2.72. The van der Waals surface area contributed by atoms with Gasteiger partial charge in [0.05, 0.1) is 12.3 Å². The van der Waals surface area contributed by atoms with E-state index in [-0.39, 0.29) is 12.5 Å². The highest BCUT2D eigenvalue weighted by molar-refractivity contribution is 5.76. The SMILES string of the molecule is CCCN(CC(=O)OCC)c1c(C#N)c(C)nn1C. The lowest BCUT2D eigenvalue weighted by Crippen LogP contribution is -2.33. The van der Waals surface area contributed by atoms with E-state index in [9.17, 15) is 10.1 Å². The van der Waals surface area contributed by atoms with Crippen LogP contribution < -0.4 is 4.90 Å². The van der Waals surface area contributed by atoms with Crippen LogP contribution in [0.5, 0.6) is 0 Å². The van der Waals surface area contributed by atoms with Gasteiger partial charge in [-0.3, -0.25) is 9.48 Å². The quantitative estimate of drug-likeness (QED) is 0.726. The van der Waals surface area contributed by atoms with Gasteiger partial charge < -0.3 is 9.64 Å². The van der Waals surface area contributed by atoms with Gasteiger partial charge in [0.15, 0.2) is 0 Å². The molecule has 0 aliphatic rings. The number of hydrogen-bond donors (Lipinski definition) is 0. The van der Waals surface area contributed by atoms with Crippen molar-refractivity contribution in [3.63, 3.8) is 0 Å². The van der Waals surface area contributed by atoms with Gasteiger partial charge in [-0.15, -0.1) is 0 Å². The van der Waals surface area contributed by atoms with Crippen molar-refractivity contribution in [3.05, 3.63) is 11.3 Å². The predicted molar refractivity (Wildman–Crippen MR) is 71.8 cm³/mol. The Morgan fingerprint density at radius 1 is 1.53 bits per heavy atom. The molecular weight excluding hydrogens is 244 g/mol. The van der Waals surface area contributed by atoms with Crippen molar-refractivity contribution in [1.82, 2.24) is 9.78 Å². The molecule has 0 radical (unpaired) electrons. The fourth-order valence-corrected chi connectivity index (χ4v) is 2.03. The Morgan fingerprint density at radius 2 is 2.21 bits per heavy atom. The zero-order valence-corrected chi connectivity index (χ0v) is 11.9. The molecule has 1 rings (SSSR count). The first-order chi connectivity index (χ1) is 9.04. The molecule has 6 nitrogen and oxygen atoms in total. The first kappa shape index (κ1) is 15.0. The molecule has 0 saturated heterocycles. The molecule has 0 saturated carbocycles. The molecule has 0 atom stereocenters. The lowest BCUT2D eigenvalue weighted by molar-refractivity contribution is -0.141. The normalized spacial score (nSPS) is 10.1. The molecule has 0 N–H and O–H groups in total. The molecule has 6 heteroatoms. The summed E-state index contributed by atoms with van der Waals surface area (Å²) in [7, 11) is 1.77. The minimum Gasteiger partial charge on any atom is -0.465 e. The van der Waals surface area contributed by atoms with Crippen LogP contribution in [0, 0.1) is 18.3 Å². The molecule has 0 fully saturated rings. The second-order valence-electron chi connectivity index (χ2n) is 4.25. The largest absolute Gasteiger partial charge is 0.465 e. The zero-order valence-electron chi connectivity index (χ0n) is 11.9. The van der Waals surface area contributed by atoms with E-state index in [4.69, 9.17) is 4.74 Å². The van der Waals surface area contributed by atoms with Crippen molar-refractivity contribution >= 4 is 11.8 Å². The molecule has 0 aliphatic carbocycles. The fraction of sp³-hybridized carbons (Fsp3) is 0.615. The van der Waals surface area contributed by atoms with Crippen LogP contribution in [-0.4, -0.2) is 35.4 Å². The Hall–Kier alpha value is -2.03. The number of aryl methyl sites for hydroxylation is 2. The molecule has 0 aromatic carbocycles. The maximum Gasteiger partial charge on any atom is 0.325 e. The maximum absolute atomic E-state index is 11.6. The van der Waals surface area contributed by atoms with Crippen LogP contribution in [0.2, 0.25) is 0 Å². The van der Waals surface area contributed by atoms with Crippen LogP contribution in [0.15, 0.2) is 0 Å². The van der Waals surface area contributed by atoms with Crippen molar-refractivity contribution in [1.29, 1.82) is 5.26 Å². The van der Waals surface area contributed by atoms with Gasteiger partial charge in [-0.25, -0.2) is 0 Å². The Balaban J connectivity index is 3.06. The van der Waals surface area contributed by atoms with Crippen LogP contribution in [0.4, 0.5) is 5.82 Å². The van der Waals surface area contributed by atoms with Crippen molar-refractivity contribution in [2.45, 2.75) is 27.2 Å². The number of nitrogens with zero attached hydrogens (tertiary/aromatic N) is 4. The molecule has 0 unspecified atom stereocenters. The Morgan fingerprint density at radius 3 is 2.74 bits per heavy atom. The van der Waals surface area contributed by atoms with Crippen molar-refractivity contribution in [2.75, 3.05) is 24.6 Å². The minimum atomic E-state index is -0.293. The van der Waals surface area contributed by atoms with E-state index in [1.54, 1.807) is 25.6 Å². The summed E-state index contributed by atoms with van der Waals surface area (Å²) < 4.78 is 6.61. The summed E-state index contributed by atoms with van der Waals surface area (Å²) in [5.41, 5.74) is 1.19. The molecule has 104 valence electrons. The van der Waals surface area contributed by atoms with Gasteiger partial charge in [0.2, 0.25) is 0 Å². The van der Waals surface area contributed by atoms with Crippen molar-refractivity contribution < 1.29 is 9.53 Å². The Bertz CT molecular complexity index is 488. The summed E-state index contributed by atoms with van der Waals surface area (Å²) >= 11 is 0.